The van der Waals surface area contributed by atoms with Gasteiger partial charge in [0.15, 0.2) is 0 Å². The van der Waals surface area contributed by atoms with Gasteiger partial charge in [0.25, 0.3) is 0 Å². The quantitative estimate of drug-likeness (QED) is 0.839. The molecule has 0 atom stereocenters. The molecule has 1 rings (SSSR count). The molecule has 14 heavy (non-hydrogen) atoms. The van der Waals surface area contributed by atoms with Gasteiger partial charge in [-0.3, -0.25) is 0 Å². The van der Waals surface area contributed by atoms with E-state index in [-0.39, 0.29) is 0 Å². The van der Waals surface area contributed by atoms with Crippen LogP contribution in [0.3, 0.4) is 0 Å². The number of hydrogen-bond acceptors (Lipinski definition) is 2. The summed E-state index contributed by atoms with van der Waals surface area (Å²) in [5.74, 6) is 0.720. The lowest BCUT2D eigenvalue weighted by Gasteiger charge is -2.07. The Kier molecular flexibility index (Phi) is 5.30. The molecule has 2 nitrogen and oxygen atoms in total. The van der Waals surface area contributed by atoms with Crippen molar-refractivity contribution >= 4 is 27.5 Å². The number of nitrogens with two attached hydrogens (primary N) is 1. The topological polar surface area (TPSA) is 35.2 Å². The Morgan fingerprint density at radius 2 is 2.14 bits per heavy atom. The highest BCUT2D eigenvalue weighted by molar-refractivity contribution is 9.10. The highest BCUT2D eigenvalue weighted by atomic mass is 79.9. The summed E-state index contributed by atoms with van der Waals surface area (Å²) in [6.07, 6.45) is 1.94. The molecule has 0 aromatic heterocycles. The SMILES string of the molecule is NCCCCOc1cc(Br)ccc1Cl. The average molecular weight is 279 g/mol. The molecule has 0 spiro atoms. The maximum Gasteiger partial charge on any atom is 0.139 e. The molecular formula is C10H13BrClNO. The van der Waals surface area contributed by atoms with Crippen LogP contribution in [0.1, 0.15) is 12.8 Å². The summed E-state index contributed by atoms with van der Waals surface area (Å²) in [6, 6.07) is 5.56. The van der Waals surface area contributed by atoms with Crippen molar-refractivity contribution in [2.75, 3.05) is 13.2 Å². The molecule has 0 radical (unpaired) electrons. The largest absolute Gasteiger partial charge is 0.492 e. The lowest BCUT2D eigenvalue weighted by Crippen LogP contribution is -2.03. The van der Waals surface area contributed by atoms with Crippen LogP contribution in [0.4, 0.5) is 0 Å². The van der Waals surface area contributed by atoms with Crippen LogP contribution in [0.15, 0.2) is 22.7 Å². The Bertz CT molecular complexity index is 293. The van der Waals surface area contributed by atoms with Crippen molar-refractivity contribution in [2.24, 2.45) is 5.73 Å². The van der Waals surface area contributed by atoms with Gasteiger partial charge in [-0.2, -0.15) is 0 Å². The summed E-state index contributed by atoms with van der Waals surface area (Å²) in [6.45, 7) is 1.36. The second-order valence-corrected chi connectivity index (χ2v) is 4.24. The van der Waals surface area contributed by atoms with Crippen molar-refractivity contribution in [1.29, 1.82) is 0 Å². The summed E-state index contributed by atoms with van der Waals surface area (Å²) in [7, 11) is 0. The number of ether oxygens (including phenoxy) is 1. The lowest BCUT2D eigenvalue weighted by atomic mass is 10.3. The minimum Gasteiger partial charge on any atom is -0.492 e. The molecule has 0 aliphatic carbocycles. The Morgan fingerprint density at radius 3 is 2.86 bits per heavy atom. The van der Waals surface area contributed by atoms with E-state index < -0.39 is 0 Å². The molecule has 0 unspecified atom stereocenters. The maximum absolute atomic E-state index is 5.94. The molecule has 0 amide bonds. The molecule has 0 aliphatic heterocycles. The average Bonchev–Trinajstić information content (AvgIpc) is 2.18. The third-order valence-electron chi connectivity index (χ3n) is 1.75. The predicted octanol–water partition coefficient (Wildman–Crippen LogP) is 3.22. The Morgan fingerprint density at radius 1 is 1.36 bits per heavy atom. The molecule has 1 aromatic carbocycles. The molecule has 0 heterocycles. The minimum atomic E-state index is 0.640. The molecule has 0 saturated heterocycles. The summed E-state index contributed by atoms with van der Waals surface area (Å²) in [4.78, 5) is 0. The monoisotopic (exact) mass is 277 g/mol. The van der Waals surface area contributed by atoms with Crippen molar-refractivity contribution in [3.8, 4) is 5.75 Å². The fourth-order valence-electron chi connectivity index (χ4n) is 1.02. The van der Waals surface area contributed by atoms with Crippen molar-refractivity contribution in [3.05, 3.63) is 27.7 Å². The van der Waals surface area contributed by atoms with Crippen LogP contribution in [0.5, 0.6) is 5.75 Å². The van der Waals surface area contributed by atoms with Gasteiger partial charge >= 0.3 is 0 Å². The number of rotatable bonds is 5. The second kappa shape index (κ2) is 6.27. The van der Waals surface area contributed by atoms with Gasteiger partial charge in [-0.15, -0.1) is 0 Å². The van der Waals surface area contributed by atoms with Crippen LogP contribution in [-0.2, 0) is 0 Å². The normalized spacial score (nSPS) is 10.2. The Hall–Kier alpha value is -0.250. The fourth-order valence-corrected chi connectivity index (χ4v) is 1.53. The van der Waals surface area contributed by atoms with Gasteiger partial charge in [0, 0.05) is 4.47 Å². The van der Waals surface area contributed by atoms with Crippen molar-refractivity contribution in [2.45, 2.75) is 12.8 Å². The van der Waals surface area contributed by atoms with E-state index in [2.05, 4.69) is 15.9 Å². The second-order valence-electron chi connectivity index (χ2n) is 2.92. The predicted molar refractivity (Wildman–Crippen MR) is 62.9 cm³/mol. The standard InChI is InChI=1S/C10H13BrClNO/c11-8-3-4-9(12)10(7-8)14-6-2-1-5-13/h3-4,7H,1-2,5-6,13H2. The number of benzene rings is 1. The first kappa shape index (κ1) is 11.8. The van der Waals surface area contributed by atoms with E-state index in [0.29, 0.717) is 18.2 Å². The lowest BCUT2D eigenvalue weighted by molar-refractivity contribution is 0.308. The van der Waals surface area contributed by atoms with E-state index in [1.54, 1.807) is 0 Å². The van der Waals surface area contributed by atoms with Crippen LogP contribution < -0.4 is 10.5 Å². The van der Waals surface area contributed by atoms with Gasteiger partial charge in [-0.05, 0) is 37.6 Å². The van der Waals surface area contributed by atoms with Gasteiger partial charge in [0.05, 0.1) is 11.6 Å². The zero-order valence-corrected chi connectivity index (χ0v) is 10.1. The molecule has 0 saturated carbocycles. The zero-order chi connectivity index (χ0) is 10.4. The summed E-state index contributed by atoms with van der Waals surface area (Å²) in [5.41, 5.74) is 5.37. The van der Waals surface area contributed by atoms with E-state index in [1.807, 2.05) is 18.2 Å². The fraction of sp³-hybridized carbons (Fsp3) is 0.400. The molecule has 1 aromatic rings. The Labute approximate surface area is 97.5 Å². The summed E-state index contributed by atoms with van der Waals surface area (Å²) in [5, 5.41) is 0.640. The molecule has 78 valence electrons. The minimum absolute atomic E-state index is 0.640. The highest BCUT2D eigenvalue weighted by Crippen LogP contribution is 2.27. The van der Waals surface area contributed by atoms with Crippen molar-refractivity contribution < 1.29 is 4.74 Å². The van der Waals surface area contributed by atoms with Gasteiger partial charge in [-0.25, -0.2) is 0 Å². The zero-order valence-electron chi connectivity index (χ0n) is 7.80. The summed E-state index contributed by atoms with van der Waals surface area (Å²) < 4.78 is 6.47. The smallest absolute Gasteiger partial charge is 0.139 e. The van der Waals surface area contributed by atoms with Crippen LogP contribution in [-0.4, -0.2) is 13.2 Å². The molecule has 0 aliphatic rings. The maximum atomic E-state index is 5.94. The number of hydrogen-bond donors (Lipinski definition) is 1. The van der Waals surface area contributed by atoms with E-state index in [9.17, 15) is 0 Å². The van der Waals surface area contributed by atoms with Gasteiger partial charge in [0.2, 0.25) is 0 Å². The van der Waals surface area contributed by atoms with Crippen LogP contribution in [0, 0.1) is 0 Å². The van der Waals surface area contributed by atoms with E-state index in [1.165, 1.54) is 0 Å². The molecule has 0 fully saturated rings. The first-order valence-corrected chi connectivity index (χ1v) is 5.69. The van der Waals surface area contributed by atoms with E-state index in [4.69, 9.17) is 22.1 Å². The summed E-state index contributed by atoms with van der Waals surface area (Å²) >= 11 is 9.30. The van der Waals surface area contributed by atoms with E-state index in [0.717, 1.165) is 23.1 Å². The van der Waals surface area contributed by atoms with Gasteiger partial charge in [-0.1, -0.05) is 27.5 Å². The number of halogens is 2. The molecule has 0 bridgehead atoms. The molecule has 4 heteroatoms. The number of unbranched alkanes of at least 4 members (excludes halogenated alkanes) is 1. The first-order chi connectivity index (χ1) is 6.74. The van der Waals surface area contributed by atoms with Crippen molar-refractivity contribution in [3.63, 3.8) is 0 Å². The Balaban J connectivity index is 2.45. The third-order valence-corrected chi connectivity index (χ3v) is 2.55. The van der Waals surface area contributed by atoms with Gasteiger partial charge in [0.1, 0.15) is 5.75 Å². The van der Waals surface area contributed by atoms with Crippen LogP contribution in [0.2, 0.25) is 5.02 Å². The molecular weight excluding hydrogens is 265 g/mol. The van der Waals surface area contributed by atoms with Crippen LogP contribution in [0.25, 0.3) is 0 Å². The van der Waals surface area contributed by atoms with Crippen LogP contribution >= 0.6 is 27.5 Å². The highest BCUT2D eigenvalue weighted by Gasteiger charge is 2.01. The van der Waals surface area contributed by atoms with Crippen molar-refractivity contribution in [1.82, 2.24) is 0 Å². The van der Waals surface area contributed by atoms with E-state index >= 15 is 0 Å². The third kappa shape index (κ3) is 3.86. The first-order valence-electron chi connectivity index (χ1n) is 4.52. The molecule has 2 N–H and O–H groups in total. The van der Waals surface area contributed by atoms with Gasteiger partial charge < -0.3 is 10.5 Å².